The third-order valence-electron chi connectivity index (χ3n) is 6.12. The molecule has 3 heterocycles. The zero-order valence-electron chi connectivity index (χ0n) is 18.3. The minimum Gasteiger partial charge on any atom is -0.493 e. The van der Waals surface area contributed by atoms with Crippen LogP contribution in [-0.2, 0) is 15.1 Å². The van der Waals surface area contributed by atoms with E-state index in [4.69, 9.17) is 4.74 Å². The highest BCUT2D eigenvalue weighted by Crippen LogP contribution is 2.40. The van der Waals surface area contributed by atoms with Gasteiger partial charge in [-0.1, -0.05) is 36.4 Å². The van der Waals surface area contributed by atoms with Gasteiger partial charge in [0.05, 0.1) is 29.4 Å². The van der Waals surface area contributed by atoms with E-state index in [0.29, 0.717) is 35.7 Å². The van der Waals surface area contributed by atoms with Gasteiger partial charge in [0.15, 0.2) is 5.54 Å². The van der Waals surface area contributed by atoms with Crippen LogP contribution >= 0.6 is 0 Å². The second kappa shape index (κ2) is 7.77. The van der Waals surface area contributed by atoms with E-state index in [-0.39, 0.29) is 0 Å². The molecule has 1 unspecified atom stereocenters. The zero-order chi connectivity index (χ0) is 23.2. The molecule has 0 radical (unpaired) electrons. The van der Waals surface area contributed by atoms with Crippen molar-refractivity contribution in [2.24, 2.45) is 0 Å². The summed E-state index contributed by atoms with van der Waals surface area (Å²) in [6, 6.07) is 16.1. The van der Waals surface area contributed by atoms with Crippen molar-refractivity contribution in [1.82, 2.24) is 20.0 Å². The Hall–Kier alpha value is -4.14. The van der Waals surface area contributed by atoms with Gasteiger partial charge in [-0.05, 0) is 32.0 Å². The van der Waals surface area contributed by atoms with Crippen LogP contribution in [0.4, 0.5) is 10.5 Å². The third kappa shape index (κ3) is 3.32. The fourth-order valence-corrected chi connectivity index (χ4v) is 4.48. The molecule has 2 N–H and O–H groups in total. The summed E-state index contributed by atoms with van der Waals surface area (Å²) in [6.07, 6.45) is 0.300. The SMILES string of the molecule is Cc1nn(-c2ccccc2)c(C)c1NC(=O)CN1C(=O)NC2(CCOc3ccccc32)C1=O. The number of carbonyl (C=O) groups is 3. The summed E-state index contributed by atoms with van der Waals surface area (Å²) in [5.41, 5.74) is 2.20. The number of hydrogen-bond acceptors (Lipinski definition) is 5. The topological polar surface area (TPSA) is 106 Å². The van der Waals surface area contributed by atoms with Crippen molar-refractivity contribution in [3.63, 3.8) is 0 Å². The molecule has 1 fully saturated rings. The average Bonchev–Trinajstić information content (AvgIpc) is 3.23. The molecule has 0 bridgehead atoms. The van der Waals surface area contributed by atoms with E-state index in [0.717, 1.165) is 16.3 Å². The molecule has 1 spiro atoms. The lowest BCUT2D eigenvalue weighted by molar-refractivity contribution is -0.135. The Balaban J connectivity index is 1.36. The van der Waals surface area contributed by atoms with Gasteiger partial charge in [0.1, 0.15) is 12.3 Å². The Kier molecular flexibility index (Phi) is 4.88. The molecule has 9 heteroatoms. The Morgan fingerprint density at radius 1 is 1.12 bits per heavy atom. The number of imide groups is 1. The number of ether oxygens (including phenoxy) is 1. The molecule has 2 aliphatic rings. The van der Waals surface area contributed by atoms with E-state index >= 15 is 0 Å². The third-order valence-corrected chi connectivity index (χ3v) is 6.12. The van der Waals surface area contributed by atoms with Gasteiger partial charge < -0.3 is 15.4 Å². The molecule has 1 atom stereocenters. The van der Waals surface area contributed by atoms with Gasteiger partial charge in [-0.25, -0.2) is 9.48 Å². The van der Waals surface area contributed by atoms with Crippen LogP contribution in [0.1, 0.15) is 23.4 Å². The summed E-state index contributed by atoms with van der Waals surface area (Å²) in [5.74, 6) is -0.371. The Morgan fingerprint density at radius 3 is 2.64 bits per heavy atom. The number of nitrogens with zero attached hydrogens (tertiary/aromatic N) is 3. The number of carbonyl (C=O) groups excluding carboxylic acids is 3. The summed E-state index contributed by atoms with van der Waals surface area (Å²) >= 11 is 0. The summed E-state index contributed by atoms with van der Waals surface area (Å²) in [4.78, 5) is 39.9. The van der Waals surface area contributed by atoms with E-state index in [2.05, 4.69) is 15.7 Å². The van der Waals surface area contributed by atoms with Gasteiger partial charge in [-0.2, -0.15) is 5.10 Å². The standard InChI is InChI=1S/C24H23N5O4/c1-15-21(16(2)29(27-15)17-8-4-3-5-9-17)25-20(30)14-28-22(31)24(26-23(28)32)12-13-33-19-11-7-6-10-18(19)24/h3-11H,12-14H2,1-2H3,(H,25,30)(H,26,32). The fourth-order valence-electron chi connectivity index (χ4n) is 4.48. The average molecular weight is 445 g/mol. The van der Waals surface area contributed by atoms with E-state index in [1.807, 2.05) is 43.3 Å². The summed E-state index contributed by atoms with van der Waals surface area (Å²) in [7, 11) is 0. The van der Waals surface area contributed by atoms with Crippen molar-refractivity contribution < 1.29 is 19.1 Å². The molecule has 168 valence electrons. The van der Waals surface area contributed by atoms with Crippen LogP contribution in [0.25, 0.3) is 5.69 Å². The molecule has 33 heavy (non-hydrogen) atoms. The van der Waals surface area contributed by atoms with E-state index < -0.39 is 29.9 Å². The summed E-state index contributed by atoms with van der Waals surface area (Å²) in [5, 5.41) is 10.1. The molecule has 2 aliphatic heterocycles. The minimum atomic E-state index is -1.21. The number of urea groups is 1. The van der Waals surface area contributed by atoms with Crippen molar-refractivity contribution in [3.05, 3.63) is 71.5 Å². The quantitative estimate of drug-likeness (QED) is 0.601. The number of hydrogen-bond donors (Lipinski definition) is 2. The van der Waals surface area contributed by atoms with Crippen molar-refractivity contribution >= 4 is 23.5 Å². The number of para-hydroxylation sites is 2. The minimum absolute atomic E-state index is 0.292. The summed E-state index contributed by atoms with van der Waals surface area (Å²) < 4.78 is 7.39. The molecule has 1 saturated heterocycles. The predicted molar refractivity (Wildman–Crippen MR) is 120 cm³/mol. The Labute approximate surface area is 190 Å². The largest absolute Gasteiger partial charge is 0.493 e. The van der Waals surface area contributed by atoms with Crippen LogP contribution in [0.2, 0.25) is 0 Å². The molecule has 0 saturated carbocycles. The van der Waals surface area contributed by atoms with Crippen LogP contribution < -0.4 is 15.4 Å². The number of amides is 4. The molecule has 0 aliphatic carbocycles. The van der Waals surface area contributed by atoms with Gasteiger partial charge in [0, 0.05) is 12.0 Å². The first-order valence-electron chi connectivity index (χ1n) is 10.7. The number of benzene rings is 2. The normalized spacial score (nSPS) is 19.3. The lowest BCUT2D eigenvalue weighted by Gasteiger charge is -2.33. The lowest BCUT2D eigenvalue weighted by atomic mass is 9.84. The van der Waals surface area contributed by atoms with Crippen molar-refractivity contribution in [2.45, 2.75) is 25.8 Å². The number of rotatable bonds is 4. The zero-order valence-corrected chi connectivity index (χ0v) is 18.3. The fraction of sp³-hybridized carbons (Fsp3) is 0.250. The van der Waals surface area contributed by atoms with Crippen LogP contribution in [0.5, 0.6) is 5.75 Å². The second-order valence-corrected chi connectivity index (χ2v) is 8.16. The lowest BCUT2D eigenvalue weighted by Crippen LogP contribution is -2.48. The van der Waals surface area contributed by atoms with Gasteiger partial charge >= 0.3 is 6.03 Å². The highest BCUT2D eigenvalue weighted by atomic mass is 16.5. The number of aryl methyl sites for hydroxylation is 1. The maximum absolute atomic E-state index is 13.4. The Morgan fingerprint density at radius 2 is 1.85 bits per heavy atom. The Bertz CT molecular complexity index is 1270. The highest BCUT2D eigenvalue weighted by Gasteiger charge is 2.55. The molecular weight excluding hydrogens is 422 g/mol. The monoisotopic (exact) mass is 445 g/mol. The van der Waals surface area contributed by atoms with Crippen LogP contribution in [0.15, 0.2) is 54.6 Å². The van der Waals surface area contributed by atoms with E-state index in [1.54, 1.807) is 29.8 Å². The maximum atomic E-state index is 13.4. The molecule has 4 amide bonds. The van der Waals surface area contributed by atoms with Crippen LogP contribution in [0, 0.1) is 13.8 Å². The maximum Gasteiger partial charge on any atom is 0.325 e. The van der Waals surface area contributed by atoms with Crippen LogP contribution in [0.3, 0.4) is 0 Å². The number of aromatic nitrogens is 2. The van der Waals surface area contributed by atoms with Gasteiger partial charge in [0.2, 0.25) is 5.91 Å². The predicted octanol–water partition coefficient (Wildman–Crippen LogP) is 2.66. The number of fused-ring (bicyclic) bond motifs is 2. The molecule has 5 rings (SSSR count). The first-order chi connectivity index (χ1) is 15.9. The first kappa shape index (κ1) is 20.7. The smallest absolute Gasteiger partial charge is 0.325 e. The van der Waals surface area contributed by atoms with Crippen molar-refractivity contribution in [3.8, 4) is 11.4 Å². The van der Waals surface area contributed by atoms with Crippen molar-refractivity contribution in [1.29, 1.82) is 0 Å². The van der Waals surface area contributed by atoms with Crippen LogP contribution in [-0.4, -0.2) is 45.7 Å². The molecule has 1 aromatic heterocycles. The molecular formula is C24H23N5O4. The molecule has 3 aromatic rings. The number of anilines is 1. The number of nitrogens with one attached hydrogen (secondary N) is 2. The summed E-state index contributed by atoms with van der Waals surface area (Å²) in [6.45, 7) is 3.54. The van der Waals surface area contributed by atoms with Gasteiger partial charge in [0.25, 0.3) is 5.91 Å². The second-order valence-electron chi connectivity index (χ2n) is 8.16. The van der Waals surface area contributed by atoms with Gasteiger partial charge in [-0.15, -0.1) is 0 Å². The van der Waals surface area contributed by atoms with Crippen molar-refractivity contribution in [2.75, 3.05) is 18.5 Å². The molecule has 9 nitrogen and oxygen atoms in total. The van der Waals surface area contributed by atoms with E-state index in [9.17, 15) is 14.4 Å². The van der Waals surface area contributed by atoms with Gasteiger partial charge in [-0.3, -0.25) is 14.5 Å². The highest BCUT2D eigenvalue weighted by molar-refractivity contribution is 6.10. The molecule has 2 aromatic carbocycles. The first-order valence-corrected chi connectivity index (χ1v) is 10.7. The van der Waals surface area contributed by atoms with E-state index in [1.165, 1.54) is 0 Å².